The second kappa shape index (κ2) is 11.7. The quantitative estimate of drug-likeness (QED) is 0.475. The van der Waals surface area contributed by atoms with Crippen LogP contribution in [0.15, 0.2) is 30.3 Å². The van der Waals surface area contributed by atoms with Crippen LogP contribution in [0.2, 0.25) is 0 Å². The Kier molecular flexibility index (Phi) is 7.90. The van der Waals surface area contributed by atoms with Crippen LogP contribution in [-0.2, 0) is 9.47 Å². The van der Waals surface area contributed by atoms with E-state index in [0.717, 1.165) is 45.7 Å². The molecule has 3 fully saturated rings. The minimum atomic E-state index is -2.74. The van der Waals surface area contributed by atoms with Crippen molar-refractivity contribution in [1.82, 2.24) is 24.4 Å². The Balaban J connectivity index is 1.26. The van der Waals surface area contributed by atoms with E-state index >= 15 is 0 Å². The predicted molar refractivity (Wildman–Crippen MR) is 146 cm³/mol. The summed E-state index contributed by atoms with van der Waals surface area (Å²) in [6, 6.07) is 9.72. The van der Waals surface area contributed by atoms with Crippen LogP contribution in [0.1, 0.15) is 44.9 Å². The molecule has 3 aromatic rings. The number of hydrogen-bond donors (Lipinski definition) is 1. The number of rotatable bonds is 7. The van der Waals surface area contributed by atoms with Crippen LogP contribution in [0.3, 0.4) is 0 Å². The lowest BCUT2D eigenvalue weighted by atomic mass is 9.85. The third-order valence-corrected chi connectivity index (χ3v) is 8.30. The van der Waals surface area contributed by atoms with Crippen molar-refractivity contribution >= 4 is 22.8 Å². The first kappa shape index (κ1) is 26.3. The largest absolute Gasteiger partial charge is 0.379 e. The highest BCUT2D eigenvalue weighted by Crippen LogP contribution is 2.31. The summed E-state index contributed by atoms with van der Waals surface area (Å²) in [6.45, 7) is 8.41. The predicted octanol–water partition coefficient (Wildman–Crippen LogP) is 4.28. The monoisotopic (exact) mass is 541 g/mol. The third-order valence-electron chi connectivity index (χ3n) is 8.30. The van der Waals surface area contributed by atoms with Gasteiger partial charge >= 0.3 is 0 Å². The molecule has 2 aliphatic heterocycles. The number of halogens is 2. The molecule has 2 aromatic heterocycles. The van der Waals surface area contributed by atoms with E-state index in [9.17, 15) is 8.78 Å². The van der Waals surface area contributed by atoms with Crippen molar-refractivity contribution in [3.63, 3.8) is 0 Å². The van der Waals surface area contributed by atoms with Crippen LogP contribution in [0.4, 0.5) is 20.5 Å². The summed E-state index contributed by atoms with van der Waals surface area (Å²) < 4.78 is 40.9. The average molecular weight is 542 g/mol. The molecule has 0 spiro atoms. The molecule has 1 N–H and O–H groups in total. The van der Waals surface area contributed by atoms with Crippen molar-refractivity contribution in [3.05, 3.63) is 36.2 Å². The van der Waals surface area contributed by atoms with Crippen molar-refractivity contribution in [1.29, 1.82) is 0 Å². The molecular weight excluding hydrogens is 504 g/mol. The van der Waals surface area contributed by atoms with Crippen molar-refractivity contribution in [2.75, 3.05) is 62.8 Å². The first-order chi connectivity index (χ1) is 19.1. The van der Waals surface area contributed by atoms with E-state index in [1.165, 1.54) is 17.4 Å². The molecule has 210 valence electrons. The molecule has 0 unspecified atom stereocenters. The Hall–Kier alpha value is -2.89. The molecule has 0 bridgehead atoms. The van der Waals surface area contributed by atoms with E-state index < -0.39 is 6.43 Å². The van der Waals surface area contributed by atoms with Crippen molar-refractivity contribution in [2.45, 2.75) is 51.1 Å². The van der Waals surface area contributed by atoms with Gasteiger partial charge in [0, 0.05) is 38.3 Å². The number of hydrogen-bond acceptors (Lipinski definition) is 8. The zero-order valence-electron chi connectivity index (χ0n) is 22.4. The number of imidazole rings is 1. The zero-order chi connectivity index (χ0) is 26.8. The SMILES string of the molecule is C[C@H]1COCCN1c1cc(-n2c(C(F)F)nc3ccccc32)nc(NCC2CCC(N3CCOCC3)CC2)n1. The second-order valence-corrected chi connectivity index (χ2v) is 10.8. The molecule has 9 nitrogen and oxygen atoms in total. The van der Waals surface area contributed by atoms with Gasteiger partial charge < -0.3 is 19.7 Å². The number of fused-ring (bicyclic) bond motifs is 1. The first-order valence-corrected chi connectivity index (χ1v) is 14.1. The summed E-state index contributed by atoms with van der Waals surface area (Å²) in [5, 5.41) is 3.47. The van der Waals surface area contributed by atoms with Gasteiger partial charge in [0.2, 0.25) is 5.95 Å². The summed E-state index contributed by atoms with van der Waals surface area (Å²) in [4.78, 5) is 18.6. The van der Waals surface area contributed by atoms with Crippen molar-refractivity contribution in [2.24, 2.45) is 5.92 Å². The second-order valence-electron chi connectivity index (χ2n) is 10.8. The van der Waals surface area contributed by atoms with Gasteiger partial charge in [-0.25, -0.2) is 13.8 Å². The number of nitrogens with one attached hydrogen (secondary N) is 1. The van der Waals surface area contributed by atoms with E-state index in [1.807, 2.05) is 6.07 Å². The van der Waals surface area contributed by atoms with E-state index in [4.69, 9.17) is 19.4 Å². The molecule has 1 atom stereocenters. The number of morpholine rings is 2. The number of ether oxygens (including phenoxy) is 2. The fourth-order valence-electron chi connectivity index (χ4n) is 6.15. The molecule has 39 heavy (non-hydrogen) atoms. The minimum absolute atomic E-state index is 0.110. The molecule has 1 aromatic carbocycles. The summed E-state index contributed by atoms with van der Waals surface area (Å²) in [5.41, 5.74) is 1.11. The van der Waals surface area contributed by atoms with E-state index in [1.54, 1.807) is 24.3 Å². The van der Waals surface area contributed by atoms with Gasteiger partial charge in [0.25, 0.3) is 6.43 Å². The van der Waals surface area contributed by atoms with Crippen LogP contribution in [-0.4, -0.2) is 89.1 Å². The fourth-order valence-corrected chi connectivity index (χ4v) is 6.15. The maximum Gasteiger partial charge on any atom is 0.296 e. The molecule has 3 aliphatic rings. The Morgan fingerprint density at radius 1 is 0.949 bits per heavy atom. The molecule has 11 heteroatoms. The summed E-state index contributed by atoms with van der Waals surface area (Å²) in [5.74, 6) is 1.75. The van der Waals surface area contributed by atoms with Gasteiger partial charge in [-0.15, -0.1) is 0 Å². The normalized spacial score (nSPS) is 24.9. The zero-order valence-corrected chi connectivity index (χ0v) is 22.4. The molecule has 0 radical (unpaired) electrons. The maximum absolute atomic E-state index is 14.1. The van der Waals surface area contributed by atoms with Gasteiger partial charge in [-0.2, -0.15) is 9.97 Å². The lowest BCUT2D eigenvalue weighted by molar-refractivity contribution is 0.00539. The Morgan fingerprint density at radius 3 is 2.46 bits per heavy atom. The van der Waals surface area contributed by atoms with E-state index in [-0.39, 0.29) is 11.9 Å². The average Bonchev–Trinajstić information content (AvgIpc) is 3.37. The van der Waals surface area contributed by atoms with Crippen LogP contribution >= 0.6 is 0 Å². The molecule has 4 heterocycles. The minimum Gasteiger partial charge on any atom is -0.379 e. The smallest absolute Gasteiger partial charge is 0.296 e. The number of para-hydroxylation sites is 2. The van der Waals surface area contributed by atoms with Crippen molar-refractivity contribution in [3.8, 4) is 5.82 Å². The van der Waals surface area contributed by atoms with Crippen LogP contribution < -0.4 is 10.2 Å². The number of anilines is 2. The third kappa shape index (κ3) is 5.71. The highest BCUT2D eigenvalue weighted by atomic mass is 19.3. The van der Waals surface area contributed by atoms with Gasteiger partial charge in [0.1, 0.15) is 11.6 Å². The topological polar surface area (TPSA) is 80.6 Å². The highest BCUT2D eigenvalue weighted by Gasteiger charge is 2.28. The van der Waals surface area contributed by atoms with Gasteiger partial charge in [-0.05, 0) is 50.7 Å². The Morgan fingerprint density at radius 2 is 1.69 bits per heavy atom. The molecule has 6 rings (SSSR count). The molecule has 1 aliphatic carbocycles. The lowest BCUT2D eigenvalue weighted by Crippen LogP contribution is -2.45. The van der Waals surface area contributed by atoms with Crippen molar-refractivity contribution < 1.29 is 18.3 Å². The van der Waals surface area contributed by atoms with Crippen LogP contribution in [0.25, 0.3) is 16.9 Å². The van der Waals surface area contributed by atoms with Gasteiger partial charge in [-0.3, -0.25) is 9.47 Å². The Labute approximate surface area is 227 Å². The highest BCUT2D eigenvalue weighted by molar-refractivity contribution is 5.78. The van der Waals surface area contributed by atoms with E-state index in [0.29, 0.717) is 60.3 Å². The fraction of sp³-hybridized carbons (Fsp3) is 0.607. The molecule has 1 saturated carbocycles. The summed E-state index contributed by atoms with van der Waals surface area (Å²) >= 11 is 0. The van der Waals surface area contributed by atoms with Gasteiger partial charge in [0.05, 0.1) is 43.5 Å². The van der Waals surface area contributed by atoms with Crippen LogP contribution in [0, 0.1) is 5.92 Å². The Bertz CT molecular complexity index is 1260. The number of alkyl halides is 2. The van der Waals surface area contributed by atoms with Crippen LogP contribution in [0.5, 0.6) is 0 Å². The number of aromatic nitrogens is 4. The van der Waals surface area contributed by atoms with E-state index in [2.05, 4.69) is 27.0 Å². The molecule has 0 amide bonds. The van der Waals surface area contributed by atoms with Gasteiger partial charge in [-0.1, -0.05) is 12.1 Å². The first-order valence-electron chi connectivity index (χ1n) is 14.1. The lowest BCUT2D eigenvalue weighted by Gasteiger charge is -2.38. The van der Waals surface area contributed by atoms with Gasteiger partial charge in [0.15, 0.2) is 5.82 Å². The summed E-state index contributed by atoms with van der Waals surface area (Å²) in [7, 11) is 0. The summed E-state index contributed by atoms with van der Waals surface area (Å²) in [6.07, 6.45) is 1.91. The molecular formula is C28H37F2N7O2. The molecule has 2 saturated heterocycles. The maximum atomic E-state index is 14.1. The standard InChI is InChI=1S/C28H37F2N7O2/c1-19-18-39-15-12-36(19)24-16-25(37-23-5-3-2-4-22(23)32-27(37)26(29)30)34-28(33-24)31-17-20-6-8-21(9-7-20)35-10-13-38-14-11-35/h2-5,16,19-21,26H,6-15,17-18H2,1H3,(H,31,33,34)/t19-,20?,21?/m0/s1. The number of benzene rings is 1. The number of nitrogens with zero attached hydrogens (tertiary/aromatic N) is 6.